The number of nitrogens with two attached hydrogens (primary N) is 1. The molecule has 4 aromatic rings. The second-order valence-corrected chi connectivity index (χ2v) is 9.34. The fourth-order valence-corrected chi connectivity index (χ4v) is 3.89. The average molecular weight is 467 g/mol. The van der Waals surface area contributed by atoms with E-state index in [0.717, 1.165) is 23.6 Å². The second-order valence-electron chi connectivity index (χ2n) is 9.34. The first kappa shape index (κ1) is 26.1. The van der Waals surface area contributed by atoms with Gasteiger partial charge in [0.1, 0.15) is 0 Å². The van der Waals surface area contributed by atoms with Crippen LogP contribution in [0.1, 0.15) is 38.9 Å². The van der Waals surface area contributed by atoms with E-state index in [1.54, 1.807) is 0 Å². The van der Waals surface area contributed by atoms with E-state index >= 15 is 0 Å². The molecule has 0 radical (unpaired) electrons. The first-order valence-electron chi connectivity index (χ1n) is 12.2. The molecule has 2 aromatic heterocycles. The number of aromatic nitrogens is 2. The fraction of sp³-hybridized carbons (Fsp3) is 0.290. The zero-order valence-electron chi connectivity index (χ0n) is 22.2. The average Bonchev–Trinajstić information content (AvgIpc) is 2.85. The Labute approximate surface area is 210 Å². The van der Waals surface area contributed by atoms with E-state index in [4.69, 9.17) is 5.73 Å². The van der Waals surface area contributed by atoms with Crippen molar-refractivity contribution in [3.63, 3.8) is 0 Å². The normalized spacial score (nSPS) is 10.5. The van der Waals surface area contributed by atoms with E-state index in [9.17, 15) is 0 Å². The van der Waals surface area contributed by atoms with Gasteiger partial charge < -0.3 is 11.1 Å². The van der Waals surface area contributed by atoms with Crippen molar-refractivity contribution in [3.8, 4) is 22.5 Å². The molecule has 2 aromatic carbocycles. The molecule has 182 valence electrons. The minimum Gasteiger partial charge on any atom is -0.383 e. The van der Waals surface area contributed by atoms with E-state index in [-0.39, 0.29) is 0 Å². The van der Waals surface area contributed by atoms with Gasteiger partial charge in [0, 0.05) is 30.4 Å². The summed E-state index contributed by atoms with van der Waals surface area (Å²) in [4.78, 5) is 8.97. The van der Waals surface area contributed by atoms with Crippen molar-refractivity contribution in [2.75, 3.05) is 18.4 Å². The van der Waals surface area contributed by atoms with E-state index in [1.165, 1.54) is 50.1 Å². The van der Waals surface area contributed by atoms with Crippen molar-refractivity contribution < 1.29 is 0 Å². The lowest BCUT2D eigenvalue weighted by Gasteiger charge is -2.10. The monoisotopic (exact) mass is 466 g/mol. The van der Waals surface area contributed by atoms with Gasteiger partial charge in [-0.2, -0.15) is 0 Å². The molecule has 0 atom stereocenters. The minimum absolute atomic E-state index is 0.623. The van der Waals surface area contributed by atoms with Crippen molar-refractivity contribution in [3.05, 3.63) is 99.9 Å². The lowest BCUT2D eigenvalue weighted by Crippen LogP contribution is -2.13. The molecule has 0 fully saturated rings. The van der Waals surface area contributed by atoms with Crippen LogP contribution in [0, 0.1) is 48.5 Å². The van der Waals surface area contributed by atoms with E-state index in [0.29, 0.717) is 6.54 Å². The van der Waals surface area contributed by atoms with Crippen LogP contribution in [0.3, 0.4) is 0 Å². The number of nitrogens with zero attached hydrogens (tertiary/aromatic N) is 2. The quantitative estimate of drug-likeness (QED) is 0.331. The maximum absolute atomic E-state index is 5.46. The summed E-state index contributed by atoms with van der Waals surface area (Å²) in [5.74, 6) is 0. The molecule has 4 heteroatoms. The number of hydrogen-bond acceptors (Lipinski definition) is 4. The van der Waals surface area contributed by atoms with Crippen molar-refractivity contribution in [2.45, 2.75) is 48.5 Å². The van der Waals surface area contributed by atoms with Gasteiger partial charge in [0.15, 0.2) is 0 Å². The summed E-state index contributed by atoms with van der Waals surface area (Å²) in [6, 6.07) is 17.1. The van der Waals surface area contributed by atoms with Gasteiger partial charge >= 0.3 is 0 Å². The van der Waals surface area contributed by atoms with Crippen LogP contribution in [0.5, 0.6) is 0 Å². The molecular weight excluding hydrogens is 428 g/mol. The summed E-state index contributed by atoms with van der Waals surface area (Å²) >= 11 is 0. The van der Waals surface area contributed by atoms with E-state index in [2.05, 4.69) is 100 Å². The Morgan fingerprint density at radius 1 is 0.629 bits per heavy atom. The highest BCUT2D eigenvalue weighted by molar-refractivity contribution is 5.64. The lowest BCUT2D eigenvalue weighted by molar-refractivity contribution is 1.02. The Hall–Kier alpha value is -3.50. The van der Waals surface area contributed by atoms with Gasteiger partial charge in [-0.25, -0.2) is 0 Å². The number of rotatable bonds is 5. The Morgan fingerprint density at radius 2 is 1.09 bits per heavy atom. The third-order valence-electron chi connectivity index (χ3n) is 6.59. The largest absolute Gasteiger partial charge is 0.383 e. The molecule has 4 nitrogen and oxygen atoms in total. The van der Waals surface area contributed by atoms with Crippen LogP contribution in [0.4, 0.5) is 5.69 Å². The van der Waals surface area contributed by atoms with Crippen LogP contribution in [-0.2, 0) is 0 Å². The van der Waals surface area contributed by atoms with Crippen LogP contribution >= 0.6 is 0 Å². The maximum Gasteiger partial charge on any atom is 0.0703 e. The van der Waals surface area contributed by atoms with Crippen molar-refractivity contribution in [1.29, 1.82) is 0 Å². The highest BCUT2D eigenvalue weighted by Gasteiger charge is 2.05. The van der Waals surface area contributed by atoms with Crippen molar-refractivity contribution in [1.82, 2.24) is 9.97 Å². The molecule has 0 spiro atoms. The Kier molecular flexibility index (Phi) is 8.78. The molecule has 0 saturated carbocycles. The molecule has 0 aliphatic rings. The first-order valence-corrected chi connectivity index (χ1v) is 12.2. The molecule has 0 aliphatic carbocycles. The number of benzene rings is 2. The Balaban J connectivity index is 0.000000198. The van der Waals surface area contributed by atoms with Gasteiger partial charge in [-0.1, -0.05) is 6.07 Å². The van der Waals surface area contributed by atoms with Crippen molar-refractivity contribution >= 4 is 5.69 Å². The molecule has 0 amide bonds. The third-order valence-corrected chi connectivity index (χ3v) is 6.59. The third kappa shape index (κ3) is 6.77. The summed E-state index contributed by atoms with van der Waals surface area (Å²) < 4.78 is 0. The summed E-state index contributed by atoms with van der Waals surface area (Å²) in [7, 11) is 0. The van der Waals surface area contributed by atoms with Crippen LogP contribution in [0.25, 0.3) is 22.5 Å². The zero-order valence-corrected chi connectivity index (χ0v) is 22.2. The fourth-order valence-electron chi connectivity index (χ4n) is 3.89. The number of anilines is 1. The molecule has 0 bridgehead atoms. The maximum atomic E-state index is 5.46. The Morgan fingerprint density at radius 3 is 1.46 bits per heavy atom. The predicted molar refractivity (Wildman–Crippen MR) is 150 cm³/mol. The molecule has 35 heavy (non-hydrogen) atoms. The minimum atomic E-state index is 0.623. The topological polar surface area (TPSA) is 63.8 Å². The second kappa shape index (κ2) is 11.8. The van der Waals surface area contributed by atoms with E-state index in [1.807, 2.05) is 24.5 Å². The van der Waals surface area contributed by atoms with Gasteiger partial charge in [0.2, 0.25) is 0 Å². The first-order chi connectivity index (χ1) is 16.7. The summed E-state index contributed by atoms with van der Waals surface area (Å²) in [6.45, 7) is 16.4. The summed E-state index contributed by atoms with van der Waals surface area (Å²) in [5.41, 5.74) is 20.1. The van der Waals surface area contributed by atoms with Gasteiger partial charge in [-0.3, -0.25) is 9.97 Å². The van der Waals surface area contributed by atoms with E-state index < -0.39 is 0 Å². The summed E-state index contributed by atoms with van der Waals surface area (Å²) in [5, 5.41) is 3.22. The molecule has 0 unspecified atom stereocenters. The molecule has 0 saturated heterocycles. The molecule has 3 N–H and O–H groups in total. The highest BCUT2D eigenvalue weighted by atomic mass is 14.9. The highest BCUT2D eigenvalue weighted by Crippen LogP contribution is 2.25. The molecule has 0 aliphatic heterocycles. The van der Waals surface area contributed by atoms with Crippen LogP contribution in [-0.4, -0.2) is 23.1 Å². The number of pyridine rings is 2. The Bertz CT molecular complexity index is 1230. The lowest BCUT2D eigenvalue weighted by atomic mass is 9.99. The van der Waals surface area contributed by atoms with Crippen LogP contribution < -0.4 is 11.1 Å². The predicted octanol–water partition coefficient (Wildman–Crippen LogP) is 7.03. The smallest absolute Gasteiger partial charge is 0.0703 e. The number of hydrogen-bond donors (Lipinski definition) is 2. The van der Waals surface area contributed by atoms with Gasteiger partial charge in [0.25, 0.3) is 0 Å². The SMILES string of the molecule is Cc1cc(-c2ccc(NCCN)cn2)cc(C)c1C.Cc1ccc(-c2cc(C)c(C)c(C)c2)nc1. The molecule has 2 heterocycles. The van der Waals surface area contributed by atoms with Gasteiger partial charge in [0.05, 0.1) is 23.3 Å². The number of nitrogens with one attached hydrogen (secondary N) is 1. The summed E-state index contributed by atoms with van der Waals surface area (Å²) in [6.07, 6.45) is 3.77. The molecule has 4 rings (SSSR count). The standard InChI is InChI=1S/C16H21N3.C15H17N/c1-11-8-14(9-12(2)13(11)3)16-5-4-15(10-19-16)18-7-6-17;1-10-5-6-15(16-9-10)14-7-11(2)13(4)12(3)8-14/h4-5,8-10,18H,6-7,17H2,1-3H3;5-9H,1-4H3. The molecular formula is C31H38N4. The van der Waals surface area contributed by atoms with Gasteiger partial charge in [-0.05, 0) is 130 Å². The van der Waals surface area contributed by atoms with Crippen LogP contribution in [0.15, 0.2) is 60.9 Å². The number of aryl methyl sites for hydroxylation is 5. The van der Waals surface area contributed by atoms with Crippen LogP contribution in [0.2, 0.25) is 0 Å². The van der Waals surface area contributed by atoms with Gasteiger partial charge in [-0.15, -0.1) is 0 Å². The van der Waals surface area contributed by atoms with Crippen molar-refractivity contribution in [2.24, 2.45) is 5.73 Å². The zero-order chi connectivity index (χ0) is 25.5.